The van der Waals surface area contributed by atoms with Crippen LogP contribution < -0.4 is 15.6 Å². The number of hydrogen-bond acceptors (Lipinski definition) is 0. The van der Waals surface area contributed by atoms with Gasteiger partial charge in [0, 0.05) is 21.8 Å². The maximum absolute atomic E-state index is 3.63. The van der Waals surface area contributed by atoms with Gasteiger partial charge in [0.15, 0.2) is 8.07 Å². The fourth-order valence-electron chi connectivity index (χ4n) is 6.28. The lowest BCUT2D eigenvalue weighted by Crippen LogP contribution is -2.68. The summed E-state index contributed by atoms with van der Waals surface area (Å²) in [5.41, 5.74) is 4.91. The van der Waals surface area contributed by atoms with Crippen molar-refractivity contribution in [1.29, 1.82) is 0 Å². The summed E-state index contributed by atoms with van der Waals surface area (Å²) >= 11 is 0. The Bertz CT molecular complexity index is 1790. The summed E-state index contributed by atoms with van der Waals surface area (Å²) < 4.78 is 0. The van der Waals surface area contributed by atoms with Crippen molar-refractivity contribution in [3.05, 3.63) is 151 Å². The number of aromatic amines is 1. The summed E-state index contributed by atoms with van der Waals surface area (Å²) in [4.78, 5) is 3.63. The highest BCUT2D eigenvalue weighted by atomic mass is 28.3. The zero-order valence-corrected chi connectivity index (χ0v) is 22.3. The molecular formula is C36H29NSi. The summed E-state index contributed by atoms with van der Waals surface area (Å²) in [7, 11) is -2.53. The van der Waals surface area contributed by atoms with Crippen LogP contribution in [0.15, 0.2) is 151 Å². The quantitative estimate of drug-likeness (QED) is 0.188. The van der Waals surface area contributed by atoms with Crippen LogP contribution in [-0.2, 0) is 0 Å². The van der Waals surface area contributed by atoms with Crippen molar-refractivity contribution in [2.75, 3.05) is 0 Å². The molecule has 1 heterocycles. The molecule has 1 unspecified atom stereocenters. The molecule has 5 aromatic carbocycles. The van der Waals surface area contributed by atoms with Crippen LogP contribution in [0.2, 0.25) is 0 Å². The number of para-hydroxylation sites is 1. The number of hydrogen-bond donors (Lipinski definition) is 1. The van der Waals surface area contributed by atoms with E-state index in [-0.39, 0.29) is 0 Å². The molecule has 1 N–H and O–H groups in total. The van der Waals surface area contributed by atoms with E-state index in [1.807, 2.05) is 0 Å². The highest BCUT2D eigenvalue weighted by Gasteiger charge is 2.43. The molecule has 182 valence electrons. The van der Waals surface area contributed by atoms with Crippen LogP contribution in [0.25, 0.3) is 32.9 Å². The Morgan fingerprint density at radius 2 is 1.16 bits per heavy atom. The smallest absolute Gasteiger partial charge is 0.175 e. The number of rotatable bonds is 5. The van der Waals surface area contributed by atoms with Crippen molar-refractivity contribution in [2.45, 2.75) is 12.8 Å². The van der Waals surface area contributed by atoms with E-state index in [1.54, 1.807) is 5.20 Å². The molecule has 2 heteroatoms. The minimum absolute atomic E-state index is 1.09. The summed E-state index contributed by atoms with van der Waals surface area (Å²) in [5.74, 6) is 0. The van der Waals surface area contributed by atoms with Crippen molar-refractivity contribution < 1.29 is 0 Å². The molecule has 0 bridgehead atoms. The molecule has 38 heavy (non-hydrogen) atoms. The molecule has 0 aliphatic heterocycles. The minimum Gasteiger partial charge on any atom is -0.355 e. The van der Waals surface area contributed by atoms with Crippen molar-refractivity contribution >= 4 is 45.4 Å². The molecule has 1 atom stereocenters. The Kier molecular flexibility index (Phi) is 5.68. The molecular weight excluding hydrogens is 474 g/mol. The second-order valence-electron chi connectivity index (χ2n) is 10.1. The Morgan fingerprint density at radius 1 is 0.526 bits per heavy atom. The van der Waals surface area contributed by atoms with Gasteiger partial charge < -0.3 is 4.98 Å². The molecule has 1 aromatic heterocycles. The SMILES string of the molecule is C1=CCCC([Si](c2ccccc2)(c2ccc(-c3ccccc3)cc2)c2ccc3[nH]c4ccccc4c3c2)=C1. The van der Waals surface area contributed by atoms with Gasteiger partial charge in [0.1, 0.15) is 0 Å². The van der Waals surface area contributed by atoms with Gasteiger partial charge in [-0.15, -0.1) is 0 Å². The second kappa shape index (κ2) is 9.48. The first kappa shape index (κ1) is 22.8. The monoisotopic (exact) mass is 503 g/mol. The number of benzene rings is 5. The average molecular weight is 504 g/mol. The van der Waals surface area contributed by atoms with Gasteiger partial charge in [-0.25, -0.2) is 0 Å². The summed E-state index contributed by atoms with van der Waals surface area (Å²) in [6.45, 7) is 0. The number of H-pyrrole nitrogens is 1. The minimum atomic E-state index is -2.53. The third-order valence-electron chi connectivity index (χ3n) is 8.07. The zero-order chi connectivity index (χ0) is 25.4. The number of nitrogens with one attached hydrogen (secondary N) is 1. The van der Waals surface area contributed by atoms with Crippen LogP contribution in [-0.4, -0.2) is 13.1 Å². The highest BCUT2D eigenvalue weighted by Crippen LogP contribution is 2.29. The van der Waals surface area contributed by atoms with Crippen LogP contribution in [0.4, 0.5) is 0 Å². The van der Waals surface area contributed by atoms with Crippen molar-refractivity contribution in [1.82, 2.24) is 4.98 Å². The topological polar surface area (TPSA) is 15.8 Å². The van der Waals surface area contributed by atoms with Crippen LogP contribution in [0.5, 0.6) is 0 Å². The average Bonchev–Trinajstić information content (AvgIpc) is 3.38. The van der Waals surface area contributed by atoms with Gasteiger partial charge in [0.2, 0.25) is 0 Å². The molecule has 6 aromatic rings. The lowest BCUT2D eigenvalue weighted by molar-refractivity contribution is 1.01. The molecule has 0 saturated carbocycles. The second-order valence-corrected chi connectivity index (χ2v) is 14.0. The number of fused-ring (bicyclic) bond motifs is 3. The van der Waals surface area contributed by atoms with Gasteiger partial charge in [-0.1, -0.05) is 139 Å². The van der Waals surface area contributed by atoms with Crippen LogP contribution in [0, 0.1) is 0 Å². The number of aromatic nitrogens is 1. The first-order valence-corrected chi connectivity index (χ1v) is 15.4. The Balaban J connectivity index is 1.52. The molecule has 0 fully saturated rings. The molecule has 1 aliphatic rings. The zero-order valence-electron chi connectivity index (χ0n) is 21.3. The van der Waals surface area contributed by atoms with E-state index in [0.717, 1.165) is 12.8 Å². The van der Waals surface area contributed by atoms with E-state index >= 15 is 0 Å². The van der Waals surface area contributed by atoms with Gasteiger partial charge in [-0.05, 0) is 51.7 Å². The maximum Gasteiger partial charge on any atom is 0.175 e. The van der Waals surface area contributed by atoms with Crippen molar-refractivity contribution in [3.8, 4) is 11.1 Å². The maximum atomic E-state index is 3.63. The van der Waals surface area contributed by atoms with Crippen LogP contribution >= 0.6 is 0 Å². The molecule has 0 radical (unpaired) electrons. The standard InChI is InChI=1S/C36H29NSi/c1-4-12-27(13-5-1)28-20-22-31(23-21-28)38(29-14-6-2-7-15-29,30-16-8-3-9-17-30)32-24-25-36-34(26-32)33-18-10-11-19-35(33)37-36/h1-8,10-16,18-26,37H,9,17H2. The van der Waals surface area contributed by atoms with Gasteiger partial charge >= 0.3 is 0 Å². The van der Waals surface area contributed by atoms with E-state index < -0.39 is 8.07 Å². The number of allylic oxidation sites excluding steroid dienone is 4. The van der Waals surface area contributed by atoms with Gasteiger partial charge in [0.05, 0.1) is 0 Å². The van der Waals surface area contributed by atoms with E-state index in [4.69, 9.17) is 0 Å². The predicted molar refractivity (Wildman–Crippen MR) is 165 cm³/mol. The van der Waals surface area contributed by atoms with E-state index in [9.17, 15) is 0 Å². The summed E-state index contributed by atoms with van der Waals surface area (Å²) in [6.07, 6.45) is 9.16. The molecule has 1 aliphatic carbocycles. The first-order chi connectivity index (χ1) is 18.8. The van der Waals surface area contributed by atoms with E-state index in [2.05, 4.69) is 151 Å². The van der Waals surface area contributed by atoms with Crippen LogP contribution in [0.3, 0.4) is 0 Å². The molecule has 7 rings (SSSR count). The highest BCUT2D eigenvalue weighted by molar-refractivity contribution is 7.16. The fourth-order valence-corrected chi connectivity index (χ4v) is 11.3. The van der Waals surface area contributed by atoms with Gasteiger partial charge in [0.25, 0.3) is 0 Å². The molecule has 1 nitrogen and oxygen atoms in total. The molecule has 0 spiro atoms. The molecule has 0 amide bonds. The lowest BCUT2D eigenvalue weighted by Gasteiger charge is -2.37. The lowest BCUT2D eigenvalue weighted by atomic mass is 10.1. The predicted octanol–water partition coefficient (Wildman–Crippen LogP) is 7.27. The third kappa shape index (κ3) is 3.68. The third-order valence-corrected chi connectivity index (χ3v) is 13.0. The van der Waals surface area contributed by atoms with Crippen molar-refractivity contribution in [3.63, 3.8) is 0 Å². The van der Waals surface area contributed by atoms with E-state index in [0.29, 0.717) is 0 Å². The Morgan fingerprint density at radius 3 is 1.92 bits per heavy atom. The summed E-state index contributed by atoms with van der Waals surface area (Å²) in [5, 5.41) is 8.47. The van der Waals surface area contributed by atoms with Crippen LogP contribution in [0.1, 0.15) is 12.8 Å². The van der Waals surface area contributed by atoms with E-state index in [1.165, 1.54) is 48.5 Å². The van der Waals surface area contributed by atoms with Crippen molar-refractivity contribution in [2.24, 2.45) is 0 Å². The Hall–Kier alpha value is -4.40. The summed E-state index contributed by atoms with van der Waals surface area (Å²) in [6, 6.07) is 47.2. The Labute approximate surface area is 224 Å². The van der Waals surface area contributed by atoms with Gasteiger partial charge in [-0.3, -0.25) is 0 Å². The van der Waals surface area contributed by atoms with Gasteiger partial charge in [-0.2, -0.15) is 0 Å². The first-order valence-electron chi connectivity index (χ1n) is 13.4. The molecule has 0 saturated heterocycles. The normalized spacial score (nSPS) is 14.9. The fraction of sp³-hybridized carbons (Fsp3) is 0.0556. The largest absolute Gasteiger partial charge is 0.355 e.